The summed E-state index contributed by atoms with van der Waals surface area (Å²) in [6.45, 7) is 1.64. The summed E-state index contributed by atoms with van der Waals surface area (Å²) in [5.41, 5.74) is -2.26. The lowest BCUT2D eigenvalue weighted by molar-refractivity contribution is -0.477. The van der Waals surface area contributed by atoms with Crippen molar-refractivity contribution >= 4 is 0 Å². The van der Waals surface area contributed by atoms with Crippen molar-refractivity contribution in [3.63, 3.8) is 0 Å². The summed E-state index contributed by atoms with van der Waals surface area (Å²) >= 11 is 0. The van der Waals surface area contributed by atoms with Crippen molar-refractivity contribution in [2.45, 2.75) is 73.6 Å². The first-order valence-corrected chi connectivity index (χ1v) is 9.00. The molecular weight excluding hydrogens is 358 g/mol. The van der Waals surface area contributed by atoms with Crippen molar-refractivity contribution in [1.29, 1.82) is 5.26 Å². The van der Waals surface area contributed by atoms with E-state index in [0.717, 1.165) is 0 Å². The number of likely N-dealkylation sites (N-methyl/N-ethyl adjacent to an activating group) is 2. The lowest BCUT2D eigenvalue weighted by Gasteiger charge is -2.60. The molecule has 1 saturated carbocycles. The monoisotopic (exact) mass is 387 g/mol. The number of aliphatic hydroxyl groups is 4. The molecule has 4 N–H and O–H groups in total. The second kappa shape index (κ2) is 6.88. The first kappa shape index (κ1) is 20.9. The Morgan fingerprint density at radius 3 is 2.07 bits per heavy atom. The Morgan fingerprint density at radius 1 is 0.963 bits per heavy atom. The van der Waals surface area contributed by atoms with Crippen molar-refractivity contribution in [3.05, 3.63) is 0 Å². The van der Waals surface area contributed by atoms with Crippen LogP contribution < -0.4 is 0 Å². The van der Waals surface area contributed by atoms with Gasteiger partial charge >= 0.3 is 0 Å². The zero-order chi connectivity index (χ0) is 20.3. The van der Waals surface area contributed by atoms with Crippen LogP contribution in [-0.4, -0.2) is 119 Å². The van der Waals surface area contributed by atoms with Gasteiger partial charge < -0.3 is 44.4 Å². The Balaban J connectivity index is 2.03. The highest BCUT2D eigenvalue weighted by Crippen LogP contribution is 2.47. The van der Waals surface area contributed by atoms with Gasteiger partial charge in [0.15, 0.2) is 0 Å². The summed E-state index contributed by atoms with van der Waals surface area (Å²) in [4.78, 5) is 3.40. The Morgan fingerprint density at radius 2 is 1.56 bits per heavy atom. The molecule has 3 aliphatic rings. The minimum Gasteiger partial charge on any atom is -0.390 e. The van der Waals surface area contributed by atoms with Gasteiger partial charge in [0, 0.05) is 6.42 Å². The van der Waals surface area contributed by atoms with Crippen molar-refractivity contribution < 1.29 is 34.6 Å². The standard InChI is InChI=1S/C17H29N3O7/c1-8-6-16(23,7-18)17(24)15(25-8)26-14-12(22)9(19(2)3)11(21)10(20(4)5)13(14)27-17/h8-15,21-24H,6H2,1-5H3. The highest BCUT2D eigenvalue weighted by molar-refractivity contribution is 5.18. The molecule has 3 rings (SSSR count). The largest absolute Gasteiger partial charge is 0.390 e. The topological polar surface area (TPSA) is 139 Å². The Kier molecular flexibility index (Phi) is 5.31. The first-order chi connectivity index (χ1) is 12.5. The lowest BCUT2D eigenvalue weighted by Crippen LogP contribution is -2.80. The third kappa shape index (κ3) is 2.98. The van der Waals surface area contributed by atoms with Crippen molar-refractivity contribution in [2.24, 2.45) is 0 Å². The average molecular weight is 387 g/mol. The molecule has 0 amide bonds. The second-order valence-electron chi connectivity index (χ2n) is 8.22. The Hall–Kier alpha value is -0.870. The zero-order valence-corrected chi connectivity index (χ0v) is 16.2. The maximum absolute atomic E-state index is 11.1. The summed E-state index contributed by atoms with van der Waals surface area (Å²) in [5.74, 6) is -2.45. The third-order valence-corrected chi connectivity index (χ3v) is 5.87. The van der Waals surface area contributed by atoms with Gasteiger partial charge in [-0.25, -0.2) is 0 Å². The molecule has 10 atom stereocenters. The van der Waals surface area contributed by atoms with Crippen LogP contribution in [0.5, 0.6) is 0 Å². The molecule has 2 saturated heterocycles. The van der Waals surface area contributed by atoms with E-state index in [1.54, 1.807) is 51.0 Å². The van der Waals surface area contributed by atoms with E-state index in [1.165, 1.54) is 0 Å². The Labute approximate surface area is 158 Å². The molecule has 10 unspecified atom stereocenters. The number of rotatable bonds is 2. The summed E-state index contributed by atoms with van der Waals surface area (Å²) < 4.78 is 17.3. The van der Waals surface area contributed by atoms with E-state index in [-0.39, 0.29) is 6.42 Å². The van der Waals surface area contributed by atoms with Crippen LogP contribution in [0.3, 0.4) is 0 Å². The van der Waals surface area contributed by atoms with Crippen LogP contribution in [0.1, 0.15) is 13.3 Å². The molecule has 0 radical (unpaired) electrons. The van der Waals surface area contributed by atoms with Crippen LogP contribution in [0.2, 0.25) is 0 Å². The van der Waals surface area contributed by atoms with E-state index < -0.39 is 60.3 Å². The molecule has 27 heavy (non-hydrogen) atoms. The minimum absolute atomic E-state index is 0.171. The van der Waals surface area contributed by atoms with Crippen LogP contribution >= 0.6 is 0 Å². The molecule has 2 aliphatic heterocycles. The highest BCUT2D eigenvalue weighted by atomic mass is 16.8. The van der Waals surface area contributed by atoms with E-state index >= 15 is 0 Å². The van der Waals surface area contributed by atoms with E-state index in [4.69, 9.17) is 14.2 Å². The van der Waals surface area contributed by atoms with E-state index in [1.807, 2.05) is 0 Å². The molecule has 0 bridgehead atoms. The number of fused-ring (bicyclic) bond motifs is 2. The van der Waals surface area contributed by atoms with Gasteiger partial charge in [0.1, 0.15) is 24.4 Å². The lowest BCUT2D eigenvalue weighted by atomic mass is 9.77. The average Bonchev–Trinajstić information content (AvgIpc) is 2.54. The third-order valence-electron chi connectivity index (χ3n) is 5.87. The van der Waals surface area contributed by atoms with Gasteiger partial charge in [0.05, 0.1) is 24.3 Å². The minimum atomic E-state index is -2.45. The van der Waals surface area contributed by atoms with Crippen LogP contribution in [0.4, 0.5) is 0 Å². The number of hydrogen-bond acceptors (Lipinski definition) is 10. The van der Waals surface area contributed by atoms with Crippen LogP contribution in [0.15, 0.2) is 0 Å². The zero-order valence-electron chi connectivity index (χ0n) is 16.2. The number of aliphatic hydroxyl groups excluding tert-OH is 2. The number of hydrogen-bond donors (Lipinski definition) is 4. The van der Waals surface area contributed by atoms with Gasteiger partial charge in [-0.1, -0.05) is 0 Å². The molecule has 0 aromatic carbocycles. The molecule has 3 fully saturated rings. The molecule has 1 aliphatic carbocycles. The highest BCUT2D eigenvalue weighted by Gasteiger charge is 2.69. The maximum atomic E-state index is 11.1. The quantitative estimate of drug-likeness (QED) is 0.374. The molecule has 0 spiro atoms. The SMILES string of the molecule is CC1CC(O)(C#N)C2(O)OC3C(OC2O1)C(O)C(N(C)C)C(O)C3N(C)C. The van der Waals surface area contributed by atoms with Gasteiger partial charge in [-0.15, -0.1) is 0 Å². The molecule has 0 aromatic rings. The van der Waals surface area contributed by atoms with Gasteiger partial charge in [0.25, 0.3) is 5.79 Å². The normalized spacial score (nSPS) is 53.0. The fourth-order valence-corrected chi connectivity index (χ4v) is 4.55. The van der Waals surface area contributed by atoms with Crippen molar-refractivity contribution in [3.8, 4) is 6.07 Å². The molecule has 10 heteroatoms. The molecular formula is C17H29N3O7. The van der Waals surface area contributed by atoms with Gasteiger partial charge in [-0.2, -0.15) is 5.26 Å². The van der Waals surface area contributed by atoms with Crippen LogP contribution in [0, 0.1) is 11.3 Å². The van der Waals surface area contributed by atoms with Crippen LogP contribution in [0.25, 0.3) is 0 Å². The summed E-state index contributed by atoms with van der Waals surface area (Å²) in [6.07, 6.45) is -6.31. The van der Waals surface area contributed by atoms with E-state index in [9.17, 15) is 25.7 Å². The van der Waals surface area contributed by atoms with Gasteiger partial charge in [0.2, 0.25) is 11.9 Å². The summed E-state index contributed by atoms with van der Waals surface area (Å²) in [7, 11) is 6.92. The predicted molar refractivity (Wildman–Crippen MR) is 91.2 cm³/mol. The molecule has 154 valence electrons. The molecule has 2 heterocycles. The summed E-state index contributed by atoms with van der Waals surface area (Å²) in [5, 5.41) is 53.0. The van der Waals surface area contributed by atoms with Crippen LogP contribution in [-0.2, 0) is 14.2 Å². The number of nitriles is 1. The van der Waals surface area contributed by atoms with Crippen molar-refractivity contribution in [2.75, 3.05) is 28.2 Å². The van der Waals surface area contributed by atoms with Gasteiger partial charge in [-0.3, -0.25) is 0 Å². The number of nitrogens with zero attached hydrogens (tertiary/aromatic N) is 3. The Bertz CT molecular complexity index is 614. The molecule has 0 aromatic heterocycles. The van der Waals surface area contributed by atoms with Crippen molar-refractivity contribution in [1.82, 2.24) is 9.80 Å². The first-order valence-electron chi connectivity index (χ1n) is 9.00. The van der Waals surface area contributed by atoms with E-state index in [2.05, 4.69) is 0 Å². The fourth-order valence-electron chi connectivity index (χ4n) is 4.55. The number of ether oxygens (including phenoxy) is 3. The smallest absolute Gasteiger partial charge is 0.262 e. The fraction of sp³-hybridized carbons (Fsp3) is 0.941. The predicted octanol–water partition coefficient (Wildman–Crippen LogP) is -2.56. The van der Waals surface area contributed by atoms with E-state index in [0.29, 0.717) is 0 Å². The molecule has 10 nitrogen and oxygen atoms in total. The second-order valence-corrected chi connectivity index (χ2v) is 8.22. The summed E-state index contributed by atoms with van der Waals surface area (Å²) in [6, 6.07) is 0.396. The maximum Gasteiger partial charge on any atom is 0.262 e. The van der Waals surface area contributed by atoms with Gasteiger partial charge in [-0.05, 0) is 35.1 Å².